The van der Waals surface area contributed by atoms with Crippen molar-refractivity contribution < 1.29 is 9.59 Å². The van der Waals surface area contributed by atoms with Gasteiger partial charge in [-0.05, 0) is 42.5 Å². The number of carbonyl (C=O) groups excluding carboxylic acids is 2. The van der Waals surface area contributed by atoms with Gasteiger partial charge in [-0.25, -0.2) is 0 Å². The second-order valence-corrected chi connectivity index (χ2v) is 6.54. The number of hydrogen-bond acceptors (Lipinski definition) is 2. The molecule has 2 amide bonds. The molecule has 2 aromatic carbocycles. The average molecular weight is 322 g/mol. The largest absolute Gasteiger partial charge is 0.366 e. The van der Waals surface area contributed by atoms with E-state index in [1.165, 1.54) is 5.56 Å². The summed E-state index contributed by atoms with van der Waals surface area (Å²) in [6, 6.07) is 17.2. The van der Waals surface area contributed by atoms with Crippen molar-refractivity contribution in [1.82, 2.24) is 5.32 Å². The lowest BCUT2D eigenvalue weighted by Gasteiger charge is -2.40. The van der Waals surface area contributed by atoms with Crippen LogP contribution in [0, 0.1) is 5.41 Å². The van der Waals surface area contributed by atoms with Crippen LogP contribution >= 0.6 is 0 Å². The van der Waals surface area contributed by atoms with Crippen molar-refractivity contribution in [2.24, 2.45) is 11.1 Å². The van der Waals surface area contributed by atoms with Crippen LogP contribution < -0.4 is 11.1 Å². The number of primary amides is 1. The number of amides is 2. The molecule has 24 heavy (non-hydrogen) atoms. The Morgan fingerprint density at radius 2 is 1.71 bits per heavy atom. The highest BCUT2D eigenvalue weighted by atomic mass is 16.2. The number of carbonyl (C=O) groups is 2. The minimum absolute atomic E-state index is 0.0991. The molecule has 1 aliphatic carbocycles. The van der Waals surface area contributed by atoms with Gasteiger partial charge in [0.15, 0.2) is 0 Å². The zero-order valence-electron chi connectivity index (χ0n) is 13.6. The molecule has 0 heterocycles. The minimum Gasteiger partial charge on any atom is -0.366 e. The molecule has 0 aromatic heterocycles. The molecule has 1 fully saturated rings. The van der Waals surface area contributed by atoms with E-state index in [1.807, 2.05) is 24.3 Å². The van der Waals surface area contributed by atoms with E-state index < -0.39 is 5.91 Å². The normalized spacial score (nSPS) is 15.3. The highest BCUT2D eigenvalue weighted by Crippen LogP contribution is 2.44. The summed E-state index contributed by atoms with van der Waals surface area (Å²) in [5, 5.41) is 3.04. The first kappa shape index (κ1) is 16.2. The van der Waals surface area contributed by atoms with Gasteiger partial charge in [0.1, 0.15) is 0 Å². The summed E-state index contributed by atoms with van der Waals surface area (Å²) >= 11 is 0. The Hall–Kier alpha value is -2.62. The SMILES string of the molecule is NC(=O)c1cccc(CNC(=O)C2(Cc3ccccc3)CCC2)c1. The van der Waals surface area contributed by atoms with Crippen molar-refractivity contribution in [3.05, 3.63) is 71.3 Å². The zero-order valence-corrected chi connectivity index (χ0v) is 13.6. The van der Waals surface area contributed by atoms with Crippen LogP contribution in [0.1, 0.15) is 40.7 Å². The summed E-state index contributed by atoms with van der Waals surface area (Å²) < 4.78 is 0. The van der Waals surface area contributed by atoms with Gasteiger partial charge in [-0.15, -0.1) is 0 Å². The molecule has 0 unspecified atom stereocenters. The van der Waals surface area contributed by atoms with Gasteiger partial charge in [0.2, 0.25) is 11.8 Å². The van der Waals surface area contributed by atoms with E-state index in [2.05, 4.69) is 17.4 Å². The first-order valence-corrected chi connectivity index (χ1v) is 8.30. The molecular weight excluding hydrogens is 300 g/mol. The lowest BCUT2D eigenvalue weighted by molar-refractivity contribution is -0.136. The van der Waals surface area contributed by atoms with Gasteiger partial charge >= 0.3 is 0 Å². The van der Waals surface area contributed by atoms with E-state index in [0.717, 1.165) is 31.2 Å². The smallest absolute Gasteiger partial charge is 0.248 e. The quantitative estimate of drug-likeness (QED) is 0.858. The molecule has 4 nitrogen and oxygen atoms in total. The van der Waals surface area contributed by atoms with Crippen LogP contribution in [0.4, 0.5) is 0 Å². The monoisotopic (exact) mass is 322 g/mol. The Labute approximate surface area is 142 Å². The second-order valence-electron chi connectivity index (χ2n) is 6.54. The maximum Gasteiger partial charge on any atom is 0.248 e. The van der Waals surface area contributed by atoms with Crippen molar-refractivity contribution in [1.29, 1.82) is 0 Å². The molecule has 0 aliphatic heterocycles. The molecule has 0 atom stereocenters. The summed E-state index contributed by atoms with van der Waals surface area (Å²) in [6.07, 6.45) is 3.72. The van der Waals surface area contributed by atoms with E-state index in [9.17, 15) is 9.59 Å². The Kier molecular flexibility index (Phi) is 4.65. The molecule has 3 rings (SSSR count). The topological polar surface area (TPSA) is 72.2 Å². The molecule has 124 valence electrons. The fraction of sp³-hybridized carbons (Fsp3) is 0.300. The van der Waals surface area contributed by atoms with E-state index in [-0.39, 0.29) is 11.3 Å². The Morgan fingerprint density at radius 1 is 1.00 bits per heavy atom. The van der Waals surface area contributed by atoms with Crippen LogP contribution in [-0.2, 0) is 17.8 Å². The van der Waals surface area contributed by atoms with Gasteiger partial charge < -0.3 is 11.1 Å². The maximum absolute atomic E-state index is 12.7. The minimum atomic E-state index is -0.456. The van der Waals surface area contributed by atoms with E-state index in [1.54, 1.807) is 18.2 Å². The van der Waals surface area contributed by atoms with Crippen molar-refractivity contribution in [3.63, 3.8) is 0 Å². The number of nitrogens with one attached hydrogen (secondary N) is 1. The highest BCUT2D eigenvalue weighted by molar-refractivity contribution is 5.93. The Balaban J connectivity index is 1.65. The molecule has 0 saturated heterocycles. The Morgan fingerprint density at radius 3 is 2.33 bits per heavy atom. The number of rotatable bonds is 6. The van der Waals surface area contributed by atoms with Crippen LogP contribution in [0.2, 0.25) is 0 Å². The lowest BCUT2D eigenvalue weighted by atomic mass is 9.64. The van der Waals surface area contributed by atoms with Crippen molar-refractivity contribution >= 4 is 11.8 Å². The van der Waals surface area contributed by atoms with Gasteiger partial charge in [0, 0.05) is 12.1 Å². The van der Waals surface area contributed by atoms with Crippen LogP contribution in [0.3, 0.4) is 0 Å². The number of hydrogen-bond donors (Lipinski definition) is 2. The number of benzene rings is 2. The maximum atomic E-state index is 12.7. The van der Waals surface area contributed by atoms with Crippen LogP contribution in [0.5, 0.6) is 0 Å². The molecular formula is C20H22N2O2. The Bertz CT molecular complexity index is 736. The van der Waals surface area contributed by atoms with Crippen LogP contribution in [0.25, 0.3) is 0 Å². The summed E-state index contributed by atoms with van der Waals surface area (Å²) in [5.74, 6) is -0.357. The summed E-state index contributed by atoms with van der Waals surface area (Å²) in [7, 11) is 0. The molecule has 2 aromatic rings. The van der Waals surface area contributed by atoms with Gasteiger partial charge in [-0.2, -0.15) is 0 Å². The molecule has 4 heteroatoms. The third-order valence-corrected chi connectivity index (χ3v) is 4.84. The van der Waals surface area contributed by atoms with E-state index in [4.69, 9.17) is 5.73 Å². The van der Waals surface area contributed by atoms with Crippen molar-refractivity contribution in [2.45, 2.75) is 32.2 Å². The highest BCUT2D eigenvalue weighted by Gasteiger charge is 2.43. The van der Waals surface area contributed by atoms with Gasteiger partial charge in [0.05, 0.1) is 5.41 Å². The van der Waals surface area contributed by atoms with Gasteiger partial charge in [-0.3, -0.25) is 9.59 Å². The molecule has 0 spiro atoms. The first-order chi connectivity index (χ1) is 11.6. The fourth-order valence-corrected chi connectivity index (χ4v) is 3.28. The predicted molar refractivity (Wildman–Crippen MR) is 93.2 cm³/mol. The lowest BCUT2D eigenvalue weighted by Crippen LogP contribution is -2.46. The summed E-state index contributed by atoms with van der Waals surface area (Å²) in [6.45, 7) is 0.413. The zero-order chi connectivity index (χ0) is 17.0. The molecule has 0 radical (unpaired) electrons. The van der Waals surface area contributed by atoms with E-state index >= 15 is 0 Å². The second kappa shape index (κ2) is 6.87. The summed E-state index contributed by atoms with van der Waals surface area (Å²) in [4.78, 5) is 24.0. The van der Waals surface area contributed by atoms with Crippen molar-refractivity contribution in [2.75, 3.05) is 0 Å². The van der Waals surface area contributed by atoms with E-state index in [0.29, 0.717) is 12.1 Å². The van der Waals surface area contributed by atoms with Gasteiger partial charge in [-0.1, -0.05) is 48.9 Å². The number of nitrogens with two attached hydrogens (primary N) is 1. The van der Waals surface area contributed by atoms with Crippen molar-refractivity contribution in [3.8, 4) is 0 Å². The van der Waals surface area contributed by atoms with Gasteiger partial charge in [0.25, 0.3) is 0 Å². The molecule has 0 bridgehead atoms. The first-order valence-electron chi connectivity index (χ1n) is 8.30. The molecule has 1 saturated carbocycles. The predicted octanol–water partition coefficient (Wildman–Crippen LogP) is 2.81. The van der Waals surface area contributed by atoms with Crippen LogP contribution in [0.15, 0.2) is 54.6 Å². The third kappa shape index (κ3) is 3.48. The molecule has 3 N–H and O–H groups in total. The molecule has 1 aliphatic rings. The van der Waals surface area contributed by atoms with Crippen LogP contribution in [-0.4, -0.2) is 11.8 Å². The third-order valence-electron chi connectivity index (χ3n) is 4.84. The summed E-state index contributed by atoms with van der Waals surface area (Å²) in [5.41, 5.74) is 7.55. The fourth-order valence-electron chi connectivity index (χ4n) is 3.28. The average Bonchev–Trinajstić information content (AvgIpc) is 2.57. The standard InChI is InChI=1S/C20H22N2O2/c21-18(23)17-9-4-8-16(12-17)14-22-19(24)20(10-5-11-20)13-15-6-2-1-3-7-15/h1-4,6-9,12H,5,10-11,13-14H2,(H2,21,23)(H,22,24).